The first kappa shape index (κ1) is 13.0. The highest BCUT2D eigenvalue weighted by Gasteiger charge is 2.12. The van der Waals surface area contributed by atoms with Gasteiger partial charge in [-0.25, -0.2) is 4.98 Å². The summed E-state index contributed by atoms with van der Waals surface area (Å²) in [5.41, 5.74) is 3.11. The van der Waals surface area contributed by atoms with E-state index in [0.29, 0.717) is 6.04 Å². The van der Waals surface area contributed by atoms with Crippen LogP contribution in [0.5, 0.6) is 0 Å². The van der Waals surface area contributed by atoms with Crippen molar-refractivity contribution in [1.29, 1.82) is 0 Å². The quantitative estimate of drug-likeness (QED) is 0.790. The zero-order valence-corrected chi connectivity index (χ0v) is 11.7. The molecule has 0 radical (unpaired) electrons. The summed E-state index contributed by atoms with van der Waals surface area (Å²) in [5, 5.41) is 3.59. The first-order valence-corrected chi connectivity index (χ1v) is 7.51. The lowest BCUT2D eigenvalue weighted by atomic mass is 10.2. The van der Waals surface area contributed by atoms with Gasteiger partial charge in [0.25, 0.3) is 0 Å². The van der Waals surface area contributed by atoms with E-state index in [2.05, 4.69) is 29.0 Å². The molecule has 0 bridgehead atoms. The number of rotatable bonds is 6. The Morgan fingerprint density at radius 3 is 2.88 bits per heavy atom. The van der Waals surface area contributed by atoms with Gasteiger partial charge in [0.2, 0.25) is 0 Å². The van der Waals surface area contributed by atoms with Crippen LogP contribution in [0, 0.1) is 6.92 Å². The van der Waals surface area contributed by atoms with Crippen LogP contribution in [0.25, 0.3) is 0 Å². The van der Waals surface area contributed by atoms with E-state index in [9.17, 15) is 0 Å². The van der Waals surface area contributed by atoms with Gasteiger partial charge in [-0.15, -0.1) is 11.3 Å². The standard InChI is InChI=1S/C13H23N3S/c1-11(13-12(2)15-10-17-13)14-6-5-9-16-7-3-4-8-16/h10-11,14H,3-9H2,1-2H3. The third kappa shape index (κ3) is 3.76. The second-order valence-corrected chi connectivity index (χ2v) is 5.77. The van der Waals surface area contributed by atoms with Crippen molar-refractivity contribution in [3.8, 4) is 0 Å². The van der Waals surface area contributed by atoms with Gasteiger partial charge in [0, 0.05) is 10.9 Å². The van der Waals surface area contributed by atoms with Crippen molar-refractivity contribution in [2.45, 2.75) is 39.2 Å². The van der Waals surface area contributed by atoms with Crippen LogP contribution < -0.4 is 5.32 Å². The summed E-state index contributed by atoms with van der Waals surface area (Å²) in [6.45, 7) is 9.30. The summed E-state index contributed by atoms with van der Waals surface area (Å²) < 4.78 is 0. The molecule has 4 heteroatoms. The number of aromatic nitrogens is 1. The third-order valence-corrected chi connectivity index (χ3v) is 4.59. The van der Waals surface area contributed by atoms with E-state index in [4.69, 9.17) is 0 Å². The second kappa shape index (κ2) is 6.47. The number of nitrogens with one attached hydrogen (secondary N) is 1. The zero-order valence-electron chi connectivity index (χ0n) is 10.9. The Balaban J connectivity index is 1.63. The van der Waals surface area contributed by atoms with Gasteiger partial charge in [0.05, 0.1) is 11.2 Å². The highest BCUT2D eigenvalue weighted by Crippen LogP contribution is 2.20. The maximum absolute atomic E-state index is 4.30. The molecule has 17 heavy (non-hydrogen) atoms. The van der Waals surface area contributed by atoms with Gasteiger partial charge in [0.1, 0.15) is 0 Å². The Hall–Kier alpha value is -0.450. The molecule has 1 N–H and O–H groups in total. The Morgan fingerprint density at radius 1 is 1.47 bits per heavy atom. The Bertz CT molecular complexity index is 331. The second-order valence-electron chi connectivity index (χ2n) is 4.88. The maximum atomic E-state index is 4.30. The largest absolute Gasteiger partial charge is 0.309 e. The average Bonchev–Trinajstić information content (AvgIpc) is 2.95. The van der Waals surface area contributed by atoms with Crippen molar-refractivity contribution in [3.63, 3.8) is 0 Å². The molecule has 0 aromatic carbocycles. The van der Waals surface area contributed by atoms with Crippen molar-refractivity contribution in [2.24, 2.45) is 0 Å². The molecule has 1 aliphatic rings. The first-order chi connectivity index (χ1) is 8.27. The molecular formula is C13H23N3S. The molecule has 1 aromatic heterocycles. The molecule has 1 unspecified atom stereocenters. The third-order valence-electron chi connectivity index (χ3n) is 3.48. The van der Waals surface area contributed by atoms with Gasteiger partial charge in [-0.3, -0.25) is 0 Å². The lowest BCUT2D eigenvalue weighted by Crippen LogP contribution is -2.26. The smallest absolute Gasteiger partial charge is 0.0798 e. The van der Waals surface area contributed by atoms with E-state index in [0.717, 1.165) is 6.54 Å². The Labute approximate surface area is 108 Å². The molecule has 0 spiro atoms. The molecule has 1 aromatic rings. The van der Waals surface area contributed by atoms with Crippen molar-refractivity contribution in [3.05, 3.63) is 16.1 Å². The van der Waals surface area contributed by atoms with Gasteiger partial charge < -0.3 is 10.2 Å². The van der Waals surface area contributed by atoms with Crippen molar-refractivity contribution in [1.82, 2.24) is 15.2 Å². The molecule has 96 valence electrons. The Kier molecular flexibility index (Phi) is 4.95. The van der Waals surface area contributed by atoms with Gasteiger partial charge in [-0.2, -0.15) is 0 Å². The number of nitrogens with zero attached hydrogens (tertiary/aromatic N) is 2. The molecule has 2 rings (SSSR count). The van der Waals surface area contributed by atoms with Crippen LogP contribution in [0.15, 0.2) is 5.51 Å². The van der Waals surface area contributed by atoms with E-state index < -0.39 is 0 Å². The van der Waals surface area contributed by atoms with Crippen LogP contribution in [0.3, 0.4) is 0 Å². The summed E-state index contributed by atoms with van der Waals surface area (Å²) in [6, 6.07) is 0.445. The van der Waals surface area contributed by atoms with E-state index in [-0.39, 0.29) is 0 Å². The maximum Gasteiger partial charge on any atom is 0.0798 e. The summed E-state index contributed by atoms with van der Waals surface area (Å²) in [5.74, 6) is 0. The fourth-order valence-electron chi connectivity index (χ4n) is 2.45. The van der Waals surface area contributed by atoms with E-state index in [1.54, 1.807) is 11.3 Å². The van der Waals surface area contributed by atoms with E-state index in [1.165, 1.54) is 49.5 Å². The monoisotopic (exact) mass is 253 g/mol. The number of hydrogen-bond donors (Lipinski definition) is 1. The topological polar surface area (TPSA) is 28.2 Å². The van der Waals surface area contributed by atoms with Crippen LogP contribution >= 0.6 is 11.3 Å². The van der Waals surface area contributed by atoms with Crippen molar-refractivity contribution < 1.29 is 0 Å². The highest BCUT2D eigenvalue weighted by atomic mass is 32.1. The lowest BCUT2D eigenvalue weighted by molar-refractivity contribution is 0.328. The fraction of sp³-hybridized carbons (Fsp3) is 0.769. The molecule has 0 amide bonds. The van der Waals surface area contributed by atoms with Crippen LogP contribution in [0.1, 0.15) is 42.8 Å². The Morgan fingerprint density at radius 2 is 2.24 bits per heavy atom. The highest BCUT2D eigenvalue weighted by molar-refractivity contribution is 7.09. The summed E-state index contributed by atoms with van der Waals surface area (Å²) >= 11 is 1.76. The van der Waals surface area contributed by atoms with Crippen molar-refractivity contribution >= 4 is 11.3 Å². The summed E-state index contributed by atoms with van der Waals surface area (Å²) in [7, 11) is 0. The number of aryl methyl sites for hydroxylation is 1. The van der Waals surface area contributed by atoms with Crippen LogP contribution in [0.2, 0.25) is 0 Å². The fourth-order valence-corrected chi connectivity index (χ4v) is 3.28. The minimum atomic E-state index is 0.445. The number of thiazole rings is 1. The minimum Gasteiger partial charge on any atom is -0.309 e. The lowest BCUT2D eigenvalue weighted by Gasteiger charge is -2.16. The molecule has 1 aliphatic heterocycles. The summed E-state index contributed by atoms with van der Waals surface area (Å²) in [4.78, 5) is 8.25. The van der Waals surface area contributed by atoms with Crippen LogP contribution in [0.4, 0.5) is 0 Å². The minimum absolute atomic E-state index is 0.445. The molecule has 3 nitrogen and oxygen atoms in total. The number of hydrogen-bond acceptors (Lipinski definition) is 4. The molecular weight excluding hydrogens is 230 g/mol. The summed E-state index contributed by atoms with van der Waals surface area (Å²) in [6.07, 6.45) is 4.04. The molecule has 2 heterocycles. The van der Waals surface area contributed by atoms with Gasteiger partial charge in [-0.1, -0.05) is 0 Å². The molecule has 1 fully saturated rings. The predicted octanol–water partition coefficient (Wildman–Crippen LogP) is 2.59. The van der Waals surface area contributed by atoms with Crippen LogP contribution in [-0.2, 0) is 0 Å². The predicted molar refractivity (Wildman–Crippen MR) is 73.6 cm³/mol. The molecule has 0 saturated carbocycles. The van der Waals surface area contributed by atoms with E-state index >= 15 is 0 Å². The SMILES string of the molecule is Cc1ncsc1C(C)NCCCN1CCCC1. The molecule has 1 atom stereocenters. The molecule has 1 saturated heterocycles. The van der Waals surface area contributed by atoms with Gasteiger partial charge in [-0.05, 0) is 59.3 Å². The normalized spacial score (nSPS) is 18.7. The van der Waals surface area contributed by atoms with E-state index in [1.807, 2.05) is 5.51 Å². The van der Waals surface area contributed by atoms with Gasteiger partial charge in [0.15, 0.2) is 0 Å². The average molecular weight is 253 g/mol. The zero-order chi connectivity index (χ0) is 12.1. The van der Waals surface area contributed by atoms with Crippen LogP contribution in [-0.4, -0.2) is 36.1 Å². The first-order valence-electron chi connectivity index (χ1n) is 6.63. The van der Waals surface area contributed by atoms with Gasteiger partial charge >= 0.3 is 0 Å². The molecule has 0 aliphatic carbocycles. The number of likely N-dealkylation sites (tertiary alicyclic amines) is 1. The van der Waals surface area contributed by atoms with Crippen molar-refractivity contribution in [2.75, 3.05) is 26.2 Å².